The predicted octanol–water partition coefficient (Wildman–Crippen LogP) is 4.86. The van der Waals surface area contributed by atoms with Gasteiger partial charge in [0.25, 0.3) is 5.91 Å². The number of hydrogen-bond acceptors (Lipinski definition) is 4. The molecule has 0 unspecified atom stereocenters. The Hall–Kier alpha value is -1.44. The van der Waals surface area contributed by atoms with Crippen LogP contribution in [0.5, 0.6) is 0 Å². The lowest BCUT2D eigenvalue weighted by atomic mass is 10.3. The zero-order valence-electron chi connectivity index (χ0n) is 13.2. The molecule has 0 bridgehead atoms. The first-order valence-corrected chi connectivity index (χ1v) is 9.81. The number of carbonyl (C=O) groups excluding carboxylic acids is 1. The molecule has 4 nitrogen and oxygen atoms in total. The van der Waals surface area contributed by atoms with Gasteiger partial charge in [0.1, 0.15) is 0 Å². The number of benzene rings is 1. The number of hydrogen-bond donors (Lipinski definition) is 0. The maximum Gasteiger partial charge on any atom is 0.272 e. The number of nitrogens with zero attached hydrogens (tertiary/aromatic N) is 2. The Kier molecular flexibility index (Phi) is 6.09. The monoisotopic (exact) mass is 412 g/mol. The van der Waals surface area contributed by atoms with E-state index in [9.17, 15) is 4.79 Å². The van der Waals surface area contributed by atoms with E-state index in [1.807, 2.05) is 28.1 Å². The fraction of sp³-hybridized carbons (Fsp3) is 0.176. The number of thiophene rings is 1. The van der Waals surface area contributed by atoms with Gasteiger partial charge in [-0.25, -0.2) is 0 Å². The Labute approximate surface area is 162 Å². The van der Waals surface area contributed by atoms with Gasteiger partial charge >= 0.3 is 0 Å². The number of carbonyl (C=O) groups is 1. The summed E-state index contributed by atoms with van der Waals surface area (Å²) in [6, 6.07) is 7.38. The van der Waals surface area contributed by atoms with Gasteiger partial charge < -0.3 is 9.30 Å². The molecule has 0 atom stereocenters. The van der Waals surface area contributed by atoms with E-state index in [0.29, 0.717) is 28.0 Å². The van der Waals surface area contributed by atoms with Crippen LogP contribution in [0.15, 0.2) is 40.7 Å². The minimum Gasteiger partial charge on any atom is -0.383 e. The number of thiazole rings is 1. The summed E-state index contributed by atoms with van der Waals surface area (Å²) in [7, 11) is 1.62. The third-order valence-electron chi connectivity index (χ3n) is 3.35. The average molecular weight is 413 g/mol. The van der Waals surface area contributed by atoms with E-state index in [1.165, 1.54) is 17.4 Å². The van der Waals surface area contributed by atoms with E-state index < -0.39 is 0 Å². The minimum atomic E-state index is -0.326. The van der Waals surface area contributed by atoms with Gasteiger partial charge in [-0.05, 0) is 29.7 Å². The zero-order valence-corrected chi connectivity index (χ0v) is 16.4. The topological polar surface area (TPSA) is 43.6 Å². The van der Waals surface area contributed by atoms with Crippen molar-refractivity contribution in [1.82, 2.24) is 4.57 Å². The smallest absolute Gasteiger partial charge is 0.272 e. The third kappa shape index (κ3) is 4.40. The lowest BCUT2D eigenvalue weighted by Gasteiger charge is -2.05. The summed E-state index contributed by atoms with van der Waals surface area (Å²) < 4.78 is 7.92. The summed E-state index contributed by atoms with van der Waals surface area (Å²) in [5.74, 6) is -0.326. The fourth-order valence-corrected chi connectivity index (χ4v) is 4.74. The molecular weight excluding hydrogens is 399 g/mol. The Morgan fingerprint density at radius 2 is 2.24 bits per heavy atom. The number of rotatable bonds is 5. The average Bonchev–Trinajstić information content (AvgIpc) is 3.18. The molecule has 3 aromatic rings. The SMILES string of the molecule is COCCn1c(=NC(=O)C=Cc2cccs2)sc2cc(Cl)cc(Cl)c21. The molecule has 0 fully saturated rings. The highest BCUT2D eigenvalue weighted by atomic mass is 35.5. The number of fused-ring (bicyclic) bond motifs is 1. The molecule has 0 aliphatic rings. The second-order valence-electron chi connectivity index (χ2n) is 5.06. The molecular formula is C17H14Cl2N2O2S2. The van der Waals surface area contributed by atoms with Crippen LogP contribution in [0.1, 0.15) is 4.88 Å². The number of ether oxygens (including phenoxy) is 1. The van der Waals surface area contributed by atoms with Crippen LogP contribution in [0.4, 0.5) is 0 Å². The molecule has 1 aromatic carbocycles. The first-order valence-electron chi connectivity index (χ1n) is 7.36. The summed E-state index contributed by atoms with van der Waals surface area (Å²) in [5, 5.41) is 3.03. The van der Waals surface area contributed by atoms with E-state index in [4.69, 9.17) is 27.9 Å². The fourth-order valence-electron chi connectivity index (χ4n) is 2.28. The van der Waals surface area contributed by atoms with Crippen molar-refractivity contribution in [3.05, 3.63) is 55.4 Å². The minimum absolute atomic E-state index is 0.326. The number of amides is 1. The van der Waals surface area contributed by atoms with Gasteiger partial charge in [-0.3, -0.25) is 4.79 Å². The Morgan fingerprint density at radius 1 is 1.40 bits per heavy atom. The van der Waals surface area contributed by atoms with Crippen molar-refractivity contribution >= 4 is 68.1 Å². The Balaban J connectivity index is 2.04. The lowest BCUT2D eigenvalue weighted by Crippen LogP contribution is -2.19. The maximum absolute atomic E-state index is 12.2. The number of halogens is 2. The van der Waals surface area contributed by atoms with E-state index in [0.717, 1.165) is 15.1 Å². The Bertz CT molecular complexity index is 988. The van der Waals surface area contributed by atoms with Crippen LogP contribution in [0, 0.1) is 0 Å². The van der Waals surface area contributed by atoms with Gasteiger partial charge in [0.05, 0.1) is 21.8 Å². The van der Waals surface area contributed by atoms with Gasteiger partial charge in [0, 0.05) is 29.6 Å². The molecule has 1 amide bonds. The standard InChI is InChI=1S/C17H14Cl2N2O2S2/c1-23-7-6-21-16-13(19)9-11(18)10-14(16)25-17(21)20-15(22)5-4-12-3-2-8-24-12/h2-5,8-10H,6-7H2,1H3. The van der Waals surface area contributed by atoms with Crippen molar-refractivity contribution in [2.75, 3.05) is 13.7 Å². The van der Waals surface area contributed by atoms with Crippen LogP contribution < -0.4 is 4.80 Å². The first kappa shape index (κ1) is 18.4. The number of aromatic nitrogens is 1. The summed E-state index contributed by atoms with van der Waals surface area (Å²) in [4.78, 5) is 18.0. The van der Waals surface area contributed by atoms with Crippen LogP contribution in [0.25, 0.3) is 16.3 Å². The van der Waals surface area contributed by atoms with Crippen molar-refractivity contribution in [2.45, 2.75) is 6.54 Å². The summed E-state index contributed by atoms with van der Waals surface area (Å²) in [6.45, 7) is 1.02. The summed E-state index contributed by atoms with van der Waals surface area (Å²) in [6.07, 6.45) is 3.22. The van der Waals surface area contributed by atoms with Crippen LogP contribution in [-0.4, -0.2) is 24.2 Å². The molecule has 0 saturated carbocycles. The summed E-state index contributed by atoms with van der Waals surface area (Å²) >= 11 is 15.4. The first-order chi connectivity index (χ1) is 12.1. The van der Waals surface area contributed by atoms with Crippen molar-refractivity contribution in [1.29, 1.82) is 0 Å². The molecule has 2 heterocycles. The summed E-state index contributed by atoms with van der Waals surface area (Å²) in [5.41, 5.74) is 0.807. The van der Waals surface area contributed by atoms with E-state index in [-0.39, 0.29) is 5.91 Å². The van der Waals surface area contributed by atoms with Gasteiger partial charge in [0.15, 0.2) is 4.80 Å². The zero-order chi connectivity index (χ0) is 17.8. The van der Waals surface area contributed by atoms with Gasteiger partial charge in [0.2, 0.25) is 0 Å². The normalized spacial score (nSPS) is 12.5. The van der Waals surface area contributed by atoms with E-state index in [2.05, 4.69) is 4.99 Å². The van der Waals surface area contributed by atoms with Gasteiger partial charge in [-0.15, -0.1) is 11.3 Å². The highest BCUT2D eigenvalue weighted by molar-refractivity contribution is 7.16. The molecule has 8 heteroatoms. The molecule has 0 aliphatic heterocycles. The van der Waals surface area contributed by atoms with Crippen molar-refractivity contribution < 1.29 is 9.53 Å². The molecule has 0 radical (unpaired) electrons. The molecule has 0 spiro atoms. The van der Waals surface area contributed by atoms with Crippen LogP contribution >= 0.6 is 45.9 Å². The van der Waals surface area contributed by atoms with Crippen molar-refractivity contribution in [3.63, 3.8) is 0 Å². The van der Waals surface area contributed by atoms with E-state index in [1.54, 1.807) is 30.6 Å². The number of methoxy groups -OCH3 is 1. The van der Waals surface area contributed by atoms with E-state index >= 15 is 0 Å². The van der Waals surface area contributed by atoms with Crippen LogP contribution in [0.2, 0.25) is 10.0 Å². The molecule has 25 heavy (non-hydrogen) atoms. The second kappa shape index (κ2) is 8.29. The van der Waals surface area contributed by atoms with Crippen LogP contribution in [0.3, 0.4) is 0 Å². The maximum atomic E-state index is 12.2. The Morgan fingerprint density at radius 3 is 2.96 bits per heavy atom. The molecule has 0 aliphatic carbocycles. The van der Waals surface area contributed by atoms with Crippen LogP contribution in [-0.2, 0) is 16.1 Å². The quantitative estimate of drug-likeness (QED) is 0.561. The molecule has 3 rings (SSSR count). The largest absolute Gasteiger partial charge is 0.383 e. The van der Waals surface area contributed by atoms with Crippen molar-refractivity contribution in [2.24, 2.45) is 4.99 Å². The van der Waals surface area contributed by atoms with Gasteiger partial charge in [-0.1, -0.05) is 40.6 Å². The molecule has 0 N–H and O–H groups in total. The molecule has 130 valence electrons. The second-order valence-corrected chi connectivity index (χ2v) is 7.89. The third-order valence-corrected chi connectivity index (χ3v) is 5.72. The van der Waals surface area contributed by atoms with Crippen molar-refractivity contribution in [3.8, 4) is 0 Å². The van der Waals surface area contributed by atoms with Gasteiger partial charge in [-0.2, -0.15) is 4.99 Å². The molecule has 0 saturated heterocycles. The predicted molar refractivity (Wildman–Crippen MR) is 106 cm³/mol. The highest BCUT2D eigenvalue weighted by Crippen LogP contribution is 2.29. The highest BCUT2D eigenvalue weighted by Gasteiger charge is 2.12. The lowest BCUT2D eigenvalue weighted by molar-refractivity contribution is -0.113. The molecule has 2 aromatic heterocycles.